The number of likely N-dealkylation sites (tertiary alicyclic amines) is 1. The number of rotatable bonds is 2. The van der Waals surface area contributed by atoms with E-state index in [1.807, 2.05) is 23.3 Å². The van der Waals surface area contributed by atoms with Crippen LogP contribution in [0.4, 0.5) is 5.82 Å². The topological polar surface area (TPSA) is 49.3 Å². The van der Waals surface area contributed by atoms with Crippen LogP contribution < -0.4 is 4.90 Å². The van der Waals surface area contributed by atoms with E-state index in [1.165, 1.54) is 11.3 Å². The van der Waals surface area contributed by atoms with Crippen LogP contribution >= 0.6 is 11.3 Å². The number of hydrogen-bond donors (Lipinski definition) is 0. The zero-order valence-corrected chi connectivity index (χ0v) is 13.3. The minimum Gasteiger partial charge on any atom is -0.356 e. The fourth-order valence-corrected chi connectivity index (χ4v) is 4.06. The maximum Gasteiger partial charge on any atom is 0.273 e. The van der Waals surface area contributed by atoms with E-state index >= 15 is 0 Å². The Morgan fingerprint density at radius 1 is 1.23 bits per heavy atom. The molecule has 0 aromatic carbocycles. The highest BCUT2D eigenvalue weighted by Gasteiger charge is 2.42. The zero-order valence-electron chi connectivity index (χ0n) is 12.5. The van der Waals surface area contributed by atoms with Gasteiger partial charge in [0.05, 0.1) is 5.51 Å². The summed E-state index contributed by atoms with van der Waals surface area (Å²) in [7, 11) is 0. The second-order valence-electron chi connectivity index (χ2n) is 6.15. The molecule has 0 spiro atoms. The summed E-state index contributed by atoms with van der Waals surface area (Å²) in [4.78, 5) is 25.4. The maximum atomic E-state index is 12.4. The zero-order chi connectivity index (χ0) is 15.1. The molecule has 2 aliphatic heterocycles. The van der Waals surface area contributed by atoms with Crippen molar-refractivity contribution in [1.82, 2.24) is 14.9 Å². The number of anilines is 1. The molecule has 114 valence electrons. The van der Waals surface area contributed by atoms with Gasteiger partial charge in [-0.25, -0.2) is 9.97 Å². The van der Waals surface area contributed by atoms with Crippen molar-refractivity contribution in [2.75, 3.05) is 31.1 Å². The van der Waals surface area contributed by atoms with Gasteiger partial charge in [0.25, 0.3) is 5.91 Å². The summed E-state index contributed by atoms with van der Waals surface area (Å²) in [5.41, 5.74) is 3.35. The van der Waals surface area contributed by atoms with E-state index in [0.717, 1.165) is 37.7 Å². The first-order chi connectivity index (χ1) is 10.7. The summed E-state index contributed by atoms with van der Waals surface area (Å²) < 4.78 is 0. The molecule has 22 heavy (non-hydrogen) atoms. The SMILES string of the molecule is Cc1cccc(N2C[C@H]3CN(C(=O)c4cscn4)C[C@H]3C2)n1. The predicted molar refractivity (Wildman–Crippen MR) is 86.2 cm³/mol. The van der Waals surface area contributed by atoms with Gasteiger partial charge in [-0.05, 0) is 19.1 Å². The highest BCUT2D eigenvalue weighted by atomic mass is 32.1. The van der Waals surface area contributed by atoms with Crippen LogP contribution in [0.1, 0.15) is 16.2 Å². The van der Waals surface area contributed by atoms with Gasteiger partial charge in [0.1, 0.15) is 11.5 Å². The highest BCUT2D eigenvalue weighted by Crippen LogP contribution is 2.33. The molecule has 4 rings (SSSR count). The van der Waals surface area contributed by atoms with E-state index in [4.69, 9.17) is 0 Å². The van der Waals surface area contributed by atoms with Crippen molar-refractivity contribution in [3.8, 4) is 0 Å². The molecule has 1 amide bonds. The van der Waals surface area contributed by atoms with Gasteiger partial charge in [0.15, 0.2) is 0 Å². The van der Waals surface area contributed by atoms with Crippen molar-refractivity contribution in [3.63, 3.8) is 0 Å². The first-order valence-electron chi connectivity index (χ1n) is 7.57. The normalized spacial score (nSPS) is 23.9. The Bertz CT molecular complexity index is 673. The van der Waals surface area contributed by atoms with E-state index in [2.05, 4.69) is 27.0 Å². The molecule has 2 aromatic heterocycles. The number of carbonyl (C=O) groups excluding carboxylic acids is 1. The van der Waals surface area contributed by atoms with Crippen LogP contribution in [-0.4, -0.2) is 47.0 Å². The first kappa shape index (κ1) is 13.7. The third-order valence-electron chi connectivity index (χ3n) is 4.62. The van der Waals surface area contributed by atoms with Crippen molar-refractivity contribution in [1.29, 1.82) is 0 Å². The van der Waals surface area contributed by atoms with E-state index < -0.39 is 0 Å². The molecule has 0 saturated carbocycles. The highest BCUT2D eigenvalue weighted by molar-refractivity contribution is 7.07. The fourth-order valence-electron chi connectivity index (χ4n) is 3.53. The predicted octanol–water partition coefficient (Wildman–Crippen LogP) is 2.05. The summed E-state index contributed by atoms with van der Waals surface area (Å²) in [5, 5.41) is 1.83. The molecule has 2 atom stereocenters. The van der Waals surface area contributed by atoms with E-state index in [1.54, 1.807) is 5.51 Å². The van der Waals surface area contributed by atoms with Gasteiger partial charge in [-0.15, -0.1) is 11.3 Å². The molecule has 0 N–H and O–H groups in total. The number of fused-ring (bicyclic) bond motifs is 1. The minimum absolute atomic E-state index is 0.0795. The van der Waals surface area contributed by atoms with Gasteiger partial charge < -0.3 is 9.80 Å². The molecule has 2 fully saturated rings. The lowest BCUT2D eigenvalue weighted by molar-refractivity contribution is 0.0777. The number of nitrogens with zero attached hydrogens (tertiary/aromatic N) is 4. The molecular weight excluding hydrogens is 296 g/mol. The first-order valence-corrected chi connectivity index (χ1v) is 8.51. The Kier molecular flexibility index (Phi) is 3.33. The van der Waals surface area contributed by atoms with Crippen LogP contribution in [-0.2, 0) is 0 Å². The lowest BCUT2D eigenvalue weighted by Gasteiger charge is -2.22. The van der Waals surface area contributed by atoms with Crippen LogP contribution in [0.3, 0.4) is 0 Å². The van der Waals surface area contributed by atoms with Crippen molar-refractivity contribution in [3.05, 3.63) is 40.5 Å². The molecule has 5 nitrogen and oxygen atoms in total. The van der Waals surface area contributed by atoms with Crippen LogP contribution in [0.15, 0.2) is 29.1 Å². The molecule has 0 radical (unpaired) electrons. The quantitative estimate of drug-likeness (QED) is 0.851. The van der Waals surface area contributed by atoms with E-state index in [0.29, 0.717) is 17.5 Å². The van der Waals surface area contributed by atoms with Gasteiger partial charge >= 0.3 is 0 Å². The standard InChI is InChI=1S/C16H18N4OS/c1-11-3-2-4-15(18-11)19-5-12-7-20(8-13(12)6-19)16(21)14-9-22-10-17-14/h2-4,9-10,12-13H,5-8H2,1H3/t12-,13+. The maximum absolute atomic E-state index is 12.4. The molecule has 2 aromatic rings. The number of aryl methyl sites for hydroxylation is 1. The fraction of sp³-hybridized carbons (Fsp3) is 0.438. The molecule has 4 heterocycles. The third-order valence-corrected chi connectivity index (χ3v) is 5.21. The Morgan fingerprint density at radius 3 is 2.64 bits per heavy atom. The molecule has 2 saturated heterocycles. The second kappa shape index (κ2) is 5.35. The number of carbonyl (C=O) groups is 1. The van der Waals surface area contributed by atoms with Gasteiger partial charge in [-0.2, -0.15) is 0 Å². The minimum atomic E-state index is 0.0795. The summed E-state index contributed by atoms with van der Waals surface area (Å²) >= 11 is 1.47. The van der Waals surface area contributed by atoms with Crippen LogP contribution in [0.2, 0.25) is 0 Å². The van der Waals surface area contributed by atoms with E-state index in [-0.39, 0.29) is 5.91 Å². The Morgan fingerprint density at radius 2 is 2.00 bits per heavy atom. The molecule has 2 aliphatic rings. The average Bonchev–Trinajstić information content (AvgIpc) is 3.22. The van der Waals surface area contributed by atoms with Crippen LogP contribution in [0.5, 0.6) is 0 Å². The molecule has 0 aliphatic carbocycles. The number of thiazole rings is 1. The van der Waals surface area contributed by atoms with Crippen molar-refractivity contribution in [2.24, 2.45) is 11.8 Å². The lowest BCUT2D eigenvalue weighted by Crippen LogP contribution is -2.33. The molecule has 0 bridgehead atoms. The third kappa shape index (κ3) is 2.37. The average molecular weight is 314 g/mol. The summed E-state index contributed by atoms with van der Waals surface area (Å²) in [6.07, 6.45) is 0. The summed E-state index contributed by atoms with van der Waals surface area (Å²) in [6, 6.07) is 6.16. The van der Waals surface area contributed by atoms with E-state index in [9.17, 15) is 4.79 Å². The number of hydrogen-bond acceptors (Lipinski definition) is 5. The number of aromatic nitrogens is 2. The summed E-state index contributed by atoms with van der Waals surface area (Å²) in [5.74, 6) is 2.23. The van der Waals surface area contributed by atoms with Gasteiger partial charge in [-0.3, -0.25) is 4.79 Å². The number of pyridine rings is 1. The Balaban J connectivity index is 1.43. The second-order valence-corrected chi connectivity index (χ2v) is 6.86. The Hall–Kier alpha value is -1.95. The molecular formula is C16H18N4OS. The monoisotopic (exact) mass is 314 g/mol. The van der Waals surface area contributed by atoms with Gasteiger partial charge in [-0.1, -0.05) is 6.07 Å². The van der Waals surface area contributed by atoms with Crippen LogP contribution in [0, 0.1) is 18.8 Å². The summed E-state index contributed by atoms with van der Waals surface area (Å²) in [6.45, 7) is 5.67. The lowest BCUT2D eigenvalue weighted by atomic mass is 10.0. The molecule has 6 heteroatoms. The van der Waals surface area contributed by atoms with Crippen molar-refractivity contribution < 1.29 is 4.79 Å². The smallest absolute Gasteiger partial charge is 0.273 e. The van der Waals surface area contributed by atoms with Gasteiger partial charge in [0, 0.05) is 49.1 Å². The molecule has 0 unspecified atom stereocenters. The Labute approximate surface area is 133 Å². The van der Waals surface area contributed by atoms with Crippen molar-refractivity contribution >= 4 is 23.1 Å². The van der Waals surface area contributed by atoms with Gasteiger partial charge in [0.2, 0.25) is 0 Å². The number of amides is 1. The largest absolute Gasteiger partial charge is 0.356 e. The van der Waals surface area contributed by atoms with Crippen molar-refractivity contribution in [2.45, 2.75) is 6.92 Å². The van der Waals surface area contributed by atoms with Crippen LogP contribution in [0.25, 0.3) is 0 Å².